The molecular weight excluding hydrogens is 222 g/mol. The van der Waals surface area contributed by atoms with Crippen molar-refractivity contribution in [3.05, 3.63) is 29.6 Å². The summed E-state index contributed by atoms with van der Waals surface area (Å²) in [6.07, 6.45) is 2.03. The fourth-order valence-electron chi connectivity index (χ4n) is 3.59. The smallest absolute Gasteiger partial charge is 0.0372 e. The maximum Gasteiger partial charge on any atom is 0.0372 e. The highest BCUT2D eigenvalue weighted by Gasteiger charge is 2.49. The minimum absolute atomic E-state index is 0.305. The first-order valence-corrected chi connectivity index (χ1v) is 6.94. The highest BCUT2D eigenvalue weighted by Crippen LogP contribution is 2.41. The van der Waals surface area contributed by atoms with Gasteiger partial charge in [0.15, 0.2) is 0 Å². The summed E-state index contributed by atoms with van der Waals surface area (Å²) in [4.78, 5) is 7.04. The first-order chi connectivity index (χ1) is 8.57. The highest BCUT2D eigenvalue weighted by atomic mass is 15.2. The summed E-state index contributed by atoms with van der Waals surface area (Å²) in [6.45, 7) is 11.5. The molecule has 1 N–H and O–H groups in total. The van der Waals surface area contributed by atoms with Crippen molar-refractivity contribution in [2.45, 2.75) is 32.9 Å². The first-order valence-electron chi connectivity index (χ1n) is 6.94. The van der Waals surface area contributed by atoms with Gasteiger partial charge in [-0.1, -0.05) is 6.07 Å². The molecule has 2 unspecified atom stereocenters. The Bertz CT molecular complexity index is 424. The van der Waals surface area contributed by atoms with Crippen molar-refractivity contribution >= 4 is 0 Å². The van der Waals surface area contributed by atoms with Gasteiger partial charge < -0.3 is 5.32 Å². The van der Waals surface area contributed by atoms with Gasteiger partial charge in [-0.2, -0.15) is 0 Å². The molecule has 3 rings (SSSR count). The molecule has 0 bridgehead atoms. The Morgan fingerprint density at radius 2 is 2.22 bits per heavy atom. The Balaban J connectivity index is 1.75. The third-order valence-corrected chi connectivity index (χ3v) is 4.86. The number of pyridine rings is 1. The number of hydrogen-bond donors (Lipinski definition) is 1. The molecule has 0 aromatic carbocycles. The molecule has 0 amide bonds. The summed E-state index contributed by atoms with van der Waals surface area (Å²) < 4.78 is 0. The van der Waals surface area contributed by atoms with E-state index in [2.05, 4.69) is 41.2 Å². The maximum absolute atomic E-state index is 4.40. The molecule has 2 saturated heterocycles. The van der Waals surface area contributed by atoms with E-state index in [1.807, 2.05) is 13.1 Å². The second kappa shape index (κ2) is 4.32. The van der Waals surface area contributed by atoms with Crippen LogP contribution in [-0.4, -0.2) is 35.1 Å². The van der Waals surface area contributed by atoms with Gasteiger partial charge in [-0.25, -0.2) is 0 Å². The van der Waals surface area contributed by atoms with E-state index in [1.165, 1.54) is 25.2 Å². The van der Waals surface area contributed by atoms with Crippen LogP contribution in [0.1, 0.15) is 25.1 Å². The average Bonchev–Trinajstić information content (AvgIpc) is 2.87. The van der Waals surface area contributed by atoms with Crippen molar-refractivity contribution in [1.29, 1.82) is 0 Å². The molecule has 3 heteroatoms. The van der Waals surface area contributed by atoms with Crippen molar-refractivity contribution < 1.29 is 0 Å². The van der Waals surface area contributed by atoms with Crippen LogP contribution in [0.3, 0.4) is 0 Å². The number of hydrogen-bond acceptors (Lipinski definition) is 3. The van der Waals surface area contributed by atoms with Crippen LogP contribution in [0.25, 0.3) is 0 Å². The molecule has 0 spiro atoms. The largest absolute Gasteiger partial charge is 0.316 e. The molecule has 3 heterocycles. The molecule has 0 saturated carbocycles. The van der Waals surface area contributed by atoms with Gasteiger partial charge >= 0.3 is 0 Å². The number of nitrogens with zero attached hydrogens (tertiary/aromatic N) is 2. The number of aryl methyl sites for hydroxylation is 1. The fraction of sp³-hybridized carbons (Fsp3) is 0.667. The Morgan fingerprint density at radius 1 is 1.39 bits per heavy atom. The van der Waals surface area contributed by atoms with E-state index in [4.69, 9.17) is 0 Å². The molecule has 2 aliphatic rings. The van der Waals surface area contributed by atoms with E-state index >= 15 is 0 Å². The summed E-state index contributed by atoms with van der Waals surface area (Å²) in [7, 11) is 0. The lowest BCUT2D eigenvalue weighted by Gasteiger charge is -2.35. The molecule has 98 valence electrons. The van der Waals surface area contributed by atoms with Crippen LogP contribution in [0.2, 0.25) is 0 Å². The Kier molecular flexibility index (Phi) is 2.91. The molecule has 0 radical (unpaired) electrons. The van der Waals surface area contributed by atoms with Crippen LogP contribution in [0.15, 0.2) is 18.3 Å². The van der Waals surface area contributed by atoms with Crippen molar-refractivity contribution in [2.75, 3.05) is 19.6 Å². The third-order valence-electron chi connectivity index (χ3n) is 4.86. The summed E-state index contributed by atoms with van der Waals surface area (Å²) >= 11 is 0. The van der Waals surface area contributed by atoms with Crippen LogP contribution in [0.5, 0.6) is 0 Å². The van der Waals surface area contributed by atoms with Crippen molar-refractivity contribution in [3.63, 3.8) is 0 Å². The molecule has 18 heavy (non-hydrogen) atoms. The molecule has 1 aromatic rings. The predicted octanol–water partition coefficient (Wildman–Crippen LogP) is 1.82. The number of likely N-dealkylation sites (tertiary alicyclic amines) is 1. The number of aromatic nitrogens is 1. The summed E-state index contributed by atoms with van der Waals surface area (Å²) in [5, 5.41) is 3.53. The summed E-state index contributed by atoms with van der Waals surface area (Å²) in [6, 6.07) is 4.32. The third kappa shape index (κ3) is 1.95. The van der Waals surface area contributed by atoms with Gasteiger partial charge in [0.1, 0.15) is 0 Å². The van der Waals surface area contributed by atoms with E-state index < -0.39 is 0 Å². The van der Waals surface area contributed by atoms with E-state index in [1.54, 1.807) is 0 Å². The SMILES string of the molecule is Cc1ccc(CN2CC3CNCC3C2(C)C)cn1. The minimum Gasteiger partial charge on any atom is -0.316 e. The van der Waals surface area contributed by atoms with Crippen LogP contribution in [-0.2, 0) is 6.54 Å². The molecule has 3 nitrogen and oxygen atoms in total. The summed E-state index contributed by atoms with van der Waals surface area (Å²) in [5.41, 5.74) is 2.74. The van der Waals surface area contributed by atoms with Gasteiger partial charge in [0.05, 0.1) is 0 Å². The molecule has 0 aliphatic carbocycles. The quantitative estimate of drug-likeness (QED) is 0.861. The van der Waals surface area contributed by atoms with Gasteiger partial charge in [0.2, 0.25) is 0 Å². The monoisotopic (exact) mass is 245 g/mol. The first kappa shape index (κ1) is 12.1. The van der Waals surface area contributed by atoms with Gasteiger partial charge in [-0.05, 0) is 50.8 Å². The van der Waals surface area contributed by atoms with Crippen LogP contribution in [0.4, 0.5) is 0 Å². The molecule has 2 aliphatic heterocycles. The second-order valence-corrected chi connectivity index (χ2v) is 6.37. The number of fused-ring (bicyclic) bond motifs is 1. The van der Waals surface area contributed by atoms with Crippen LogP contribution < -0.4 is 5.32 Å². The number of rotatable bonds is 2. The van der Waals surface area contributed by atoms with Crippen molar-refractivity contribution in [2.24, 2.45) is 11.8 Å². The summed E-state index contributed by atoms with van der Waals surface area (Å²) in [5.74, 6) is 1.63. The van der Waals surface area contributed by atoms with E-state index in [-0.39, 0.29) is 0 Å². The van der Waals surface area contributed by atoms with Gasteiger partial charge in [0.25, 0.3) is 0 Å². The standard InChI is InChI=1S/C15H23N3/c1-11-4-5-12(6-17-11)9-18-10-13-7-16-8-14(13)15(18,2)3/h4-6,13-14,16H,7-10H2,1-3H3. The van der Waals surface area contributed by atoms with Crippen LogP contribution in [0, 0.1) is 18.8 Å². The fourth-order valence-corrected chi connectivity index (χ4v) is 3.59. The molecule has 2 atom stereocenters. The average molecular weight is 245 g/mol. The van der Waals surface area contributed by atoms with Crippen molar-refractivity contribution in [3.8, 4) is 0 Å². The van der Waals surface area contributed by atoms with Crippen molar-refractivity contribution in [1.82, 2.24) is 15.2 Å². The zero-order valence-electron chi connectivity index (χ0n) is 11.6. The Hall–Kier alpha value is -0.930. The highest BCUT2D eigenvalue weighted by molar-refractivity contribution is 5.15. The molecule has 2 fully saturated rings. The van der Waals surface area contributed by atoms with E-state index in [0.29, 0.717) is 5.54 Å². The van der Waals surface area contributed by atoms with Gasteiger partial charge in [-0.3, -0.25) is 9.88 Å². The van der Waals surface area contributed by atoms with Gasteiger partial charge in [0, 0.05) is 37.1 Å². The normalized spacial score (nSPS) is 30.6. The van der Waals surface area contributed by atoms with Crippen LogP contribution >= 0.6 is 0 Å². The molecular formula is C15H23N3. The minimum atomic E-state index is 0.305. The zero-order chi connectivity index (χ0) is 12.8. The predicted molar refractivity (Wildman–Crippen MR) is 73.3 cm³/mol. The van der Waals surface area contributed by atoms with E-state index in [0.717, 1.165) is 24.1 Å². The lowest BCUT2D eigenvalue weighted by molar-refractivity contribution is 0.132. The molecule has 1 aromatic heterocycles. The maximum atomic E-state index is 4.40. The van der Waals surface area contributed by atoms with Gasteiger partial charge in [-0.15, -0.1) is 0 Å². The number of nitrogens with one attached hydrogen (secondary N) is 1. The Labute approximate surface area is 110 Å². The zero-order valence-corrected chi connectivity index (χ0v) is 11.6. The van der Waals surface area contributed by atoms with E-state index in [9.17, 15) is 0 Å². The lowest BCUT2D eigenvalue weighted by atomic mass is 9.85. The second-order valence-electron chi connectivity index (χ2n) is 6.37. The Morgan fingerprint density at radius 3 is 2.89 bits per heavy atom. The topological polar surface area (TPSA) is 28.2 Å². The lowest BCUT2D eigenvalue weighted by Crippen LogP contribution is -2.43.